The summed E-state index contributed by atoms with van der Waals surface area (Å²) in [6, 6.07) is 9.92. The first-order valence-corrected chi connectivity index (χ1v) is 6.78. The van der Waals surface area contributed by atoms with Crippen molar-refractivity contribution < 1.29 is 9.47 Å². The Kier molecular flexibility index (Phi) is 5.14. The summed E-state index contributed by atoms with van der Waals surface area (Å²) in [7, 11) is 0. The average Bonchev–Trinajstić information content (AvgIpc) is 2.38. The molecule has 3 nitrogen and oxygen atoms in total. The summed E-state index contributed by atoms with van der Waals surface area (Å²) in [6.45, 7) is 5.62. The van der Waals surface area contributed by atoms with E-state index in [9.17, 15) is 0 Å². The van der Waals surface area contributed by atoms with E-state index in [1.807, 2.05) is 44.2 Å². The fourth-order valence-corrected chi connectivity index (χ4v) is 1.96. The summed E-state index contributed by atoms with van der Waals surface area (Å²) < 4.78 is 11.0. The maximum Gasteiger partial charge on any atom is 0.135 e. The number of fused-ring (bicyclic) bond motifs is 1. The molecule has 0 spiro atoms. The lowest BCUT2D eigenvalue weighted by Gasteiger charge is -2.09. The van der Waals surface area contributed by atoms with Gasteiger partial charge in [0, 0.05) is 10.9 Å². The highest BCUT2D eigenvalue weighted by Crippen LogP contribution is 2.20. The van der Waals surface area contributed by atoms with E-state index in [0.29, 0.717) is 25.0 Å². The molecule has 0 amide bonds. The van der Waals surface area contributed by atoms with Crippen LogP contribution in [0.1, 0.15) is 19.4 Å². The fourth-order valence-electron chi connectivity index (χ4n) is 1.76. The van der Waals surface area contributed by atoms with Crippen molar-refractivity contribution in [3.05, 3.63) is 41.0 Å². The van der Waals surface area contributed by atoms with Crippen LogP contribution in [-0.2, 0) is 16.1 Å². The molecule has 4 heteroatoms. The Labute approximate surface area is 118 Å². The Balaban J connectivity index is 1.95. The number of hydrogen-bond donors (Lipinski definition) is 0. The molecule has 1 aromatic heterocycles. The van der Waals surface area contributed by atoms with Crippen molar-refractivity contribution in [2.45, 2.75) is 26.6 Å². The minimum Gasteiger partial charge on any atom is -0.376 e. The molecule has 0 saturated carbocycles. The topological polar surface area (TPSA) is 31.4 Å². The molecule has 0 radical (unpaired) electrons. The van der Waals surface area contributed by atoms with E-state index in [0.717, 1.165) is 16.5 Å². The molecule has 2 aromatic rings. The van der Waals surface area contributed by atoms with Gasteiger partial charge in [-0.25, -0.2) is 4.98 Å². The molecule has 102 valence electrons. The Hall–Kier alpha value is -1.16. The summed E-state index contributed by atoms with van der Waals surface area (Å²) in [5, 5.41) is 1.58. The van der Waals surface area contributed by atoms with Crippen LogP contribution in [0, 0.1) is 0 Å². The van der Waals surface area contributed by atoms with E-state index >= 15 is 0 Å². The molecule has 0 aliphatic rings. The zero-order valence-electron chi connectivity index (χ0n) is 11.2. The minimum absolute atomic E-state index is 0.231. The number of pyridine rings is 1. The molecule has 0 N–H and O–H groups in total. The normalized spacial score (nSPS) is 11.4. The predicted molar refractivity (Wildman–Crippen MR) is 77.5 cm³/mol. The molecule has 0 atom stereocenters. The van der Waals surface area contributed by atoms with Crippen molar-refractivity contribution in [2.24, 2.45) is 0 Å². The highest BCUT2D eigenvalue weighted by atomic mass is 35.5. The standard InChI is InChI=1S/C15H18ClNO2/c1-11(2)19-8-7-18-10-13-9-12-5-3-4-6-14(12)17-15(13)16/h3-6,9,11H,7-8,10H2,1-2H3. The molecule has 0 bridgehead atoms. The van der Waals surface area contributed by atoms with Crippen molar-refractivity contribution in [2.75, 3.05) is 13.2 Å². The van der Waals surface area contributed by atoms with Crippen molar-refractivity contribution in [3.63, 3.8) is 0 Å². The molecular weight excluding hydrogens is 262 g/mol. The first-order chi connectivity index (χ1) is 9.16. The largest absolute Gasteiger partial charge is 0.376 e. The molecule has 0 unspecified atom stereocenters. The highest BCUT2D eigenvalue weighted by Gasteiger charge is 2.05. The summed E-state index contributed by atoms with van der Waals surface area (Å²) in [5.74, 6) is 0. The second-order valence-corrected chi connectivity index (χ2v) is 4.96. The minimum atomic E-state index is 0.231. The third-order valence-corrected chi connectivity index (χ3v) is 3.01. The monoisotopic (exact) mass is 279 g/mol. The molecule has 0 aliphatic carbocycles. The SMILES string of the molecule is CC(C)OCCOCc1cc2ccccc2nc1Cl. The Morgan fingerprint density at radius 3 is 2.79 bits per heavy atom. The van der Waals surface area contributed by atoms with Crippen LogP contribution in [0.3, 0.4) is 0 Å². The van der Waals surface area contributed by atoms with Gasteiger partial charge in [0.1, 0.15) is 5.15 Å². The average molecular weight is 280 g/mol. The maximum atomic E-state index is 6.14. The van der Waals surface area contributed by atoms with Crippen LogP contribution < -0.4 is 0 Å². The molecule has 1 aromatic carbocycles. The number of nitrogens with zero attached hydrogens (tertiary/aromatic N) is 1. The number of benzene rings is 1. The van der Waals surface area contributed by atoms with E-state index < -0.39 is 0 Å². The van der Waals surface area contributed by atoms with Gasteiger partial charge < -0.3 is 9.47 Å². The molecule has 0 saturated heterocycles. The quantitative estimate of drug-likeness (QED) is 0.595. The van der Waals surface area contributed by atoms with E-state index in [1.54, 1.807) is 0 Å². The van der Waals surface area contributed by atoms with Gasteiger partial charge in [-0.3, -0.25) is 0 Å². The summed E-state index contributed by atoms with van der Waals surface area (Å²) in [6.07, 6.45) is 0.231. The lowest BCUT2D eigenvalue weighted by Crippen LogP contribution is -2.09. The predicted octanol–water partition coefficient (Wildman–Crippen LogP) is 3.83. The third-order valence-electron chi connectivity index (χ3n) is 2.69. The van der Waals surface area contributed by atoms with Gasteiger partial charge in [0.15, 0.2) is 0 Å². The summed E-state index contributed by atoms with van der Waals surface area (Å²) in [5.41, 5.74) is 1.81. The number of ether oxygens (including phenoxy) is 2. The van der Waals surface area contributed by atoms with Crippen molar-refractivity contribution in [3.8, 4) is 0 Å². The van der Waals surface area contributed by atoms with Crippen LogP contribution in [-0.4, -0.2) is 24.3 Å². The van der Waals surface area contributed by atoms with Gasteiger partial charge in [0.25, 0.3) is 0 Å². The van der Waals surface area contributed by atoms with E-state index in [4.69, 9.17) is 21.1 Å². The summed E-state index contributed by atoms with van der Waals surface area (Å²) in [4.78, 5) is 4.36. The number of aromatic nitrogens is 1. The molecular formula is C15H18ClNO2. The molecule has 0 aliphatic heterocycles. The lowest BCUT2D eigenvalue weighted by atomic mass is 10.2. The van der Waals surface area contributed by atoms with Gasteiger partial charge >= 0.3 is 0 Å². The van der Waals surface area contributed by atoms with Crippen LogP contribution in [0.25, 0.3) is 10.9 Å². The zero-order chi connectivity index (χ0) is 13.7. The highest BCUT2D eigenvalue weighted by molar-refractivity contribution is 6.30. The Morgan fingerprint density at radius 2 is 2.00 bits per heavy atom. The molecule has 2 rings (SSSR count). The third kappa shape index (κ3) is 4.16. The number of halogens is 1. The Bertz CT molecular complexity index is 543. The van der Waals surface area contributed by atoms with Gasteiger partial charge in [-0.15, -0.1) is 0 Å². The van der Waals surface area contributed by atoms with Gasteiger partial charge in [0.05, 0.1) is 31.4 Å². The zero-order valence-corrected chi connectivity index (χ0v) is 12.0. The Morgan fingerprint density at radius 1 is 1.21 bits per heavy atom. The number of para-hydroxylation sites is 1. The van der Waals surface area contributed by atoms with E-state index in [-0.39, 0.29) is 6.10 Å². The smallest absolute Gasteiger partial charge is 0.135 e. The van der Waals surface area contributed by atoms with Gasteiger partial charge in [-0.2, -0.15) is 0 Å². The van der Waals surface area contributed by atoms with Crippen LogP contribution in [0.15, 0.2) is 30.3 Å². The number of hydrogen-bond acceptors (Lipinski definition) is 3. The second kappa shape index (κ2) is 6.85. The lowest BCUT2D eigenvalue weighted by molar-refractivity contribution is 0.0143. The van der Waals surface area contributed by atoms with Crippen LogP contribution >= 0.6 is 11.6 Å². The molecule has 0 fully saturated rings. The van der Waals surface area contributed by atoms with Crippen molar-refractivity contribution >= 4 is 22.5 Å². The van der Waals surface area contributed by atoms with Crippen LogP contribution in [0.2, 0.25) is 5.15 Å². The number of rotatable bonds is 6. The summed E-state index contributed by atoms with van der Waals surface area (Å²) >= 11 is 6.14. The van der Waals surface area contributed by atoms with Crippen molar-refractivity contribution in [1.82, 2.24) is 4.98 Å². The first-order valence-electron chi connectivity index (χ1n) is 6.40. The van der Waals surface area contributed by atoms with Gasteiger partial charge in [-0.1, -0.05) is 29.8 Å². The van der Waals surface area contributed by atoms with E-state index in [2.05, 4.69) is 4.98 Å². The van der Waals surface area contributed by atoms with Gasteiger partial charge in [-0.05, 0) is 26.0 Å². The molecule has 19 heavy (non-hydrogen) atoms. The maximum absolute atomic E-state index is 6.14. The first kappa shape index (κ1) is 14.3. The van der Waals surface area contributed by atoms with E-state index in [1.165, 1.54) is 0 Å². The molecule has 1 heterocycles. The van der Waals surface area contributed by atoms with Crippen LogP contribution in [0.5, 0.6) is 0 Å². The van der Waals surface area contributed by atoms with Crippen LogP contribution in [0.4, 0.5) is 0 Å². The second-order valence-electron chi connectivity index (χ2n) is 4.60. The van der Waals surface area contributed by atoms with Crippen molar-refractivity contribution in [1.29, 1.82) is 0 Å². The van der Waals surface area contributed by atoms with Gasteiger partial charge in [0.2, 0.25) is 0 Å². The fraction of sp³-hybridized carbons (Fsp3) is 0.400.